The van der Waals surface area contributed by atoms with Gasteiger partial charge in [-0.15, -0.1) is 5.10 Å². The van der Waals surface area contributed by atoms with Crippen molar-refractivity contribution in [3.63, 3.8) is 0 Å². The minimum absolute atomic E-state index is 0.0638. The highest BCUT2D eigenvalue weighted by molar-refractivity contribution is 5.90. The molecule has 0 aromatic carbocycles. The van der Waals surface area contributed by atoms with E-state index in [-0.39, 0.29) is 56.4 Å². The Morgan fingerprint density at radius 3 is 1.70 bits per heavy atom. The molecule has 0 unspecified atom stereocenters. The summed E-state index contributed by atoms with van der Waals surface area (Å²) in [6, 6.07) is -1.40. The second kappa shape index (κ2) is 41.4. The molecule has 2 aromatic rings. The first kappa shape index (κ1) is 61.9. The molecular weight excluding hydrogens is 929 g/mol. The maximum absolute atomic E-state index is 12.5. The van der Waals surface area contributed by atoms with Gasteiger partial charge in [0.2, 0.25) is 17.7 Å². The number of hydrogen-bond donors (Lipinski definition) is 5. The molecule has 2 rings (SSSR count). The van der Waals surface area contributed by atoms with Crippen molar-refractivity contribution in [2.45, 2.75) is 84.8 Å². The number of amides is 5. The number of nitrogens with one attached hydrogen (secondary N) is 4. The molecule has 0 aliphatic carbocycles. The van der Waals surface area contributed by atoms with Crippen LogP contribution < -0.4 is 27.0 Å². The summed E-state index contributed by atoms with van der Waals surface area (Å²) >= 11 is 0. The Labute approximate surface area is 417 Å². The second-order valence-corrected chi connectivity index (χ2v) is 16.2. The predicted octanol–water partition coefficient (Wildman–Crippen LogP) is 0.454. The van der Waals surface area contributed by atoms with Gasteiger partial charge in [-0.3, -0.25) is 19.2 Å². The largest absolute Gasteiger partial charge is 0.377 e. The highest BCUT2D eigenvalue weighted by Crippen LogP contribution is 2.08. The van der Waals surface area contributed by atoms with Crippen LogP contribution in [0.1, 0.15) is 82.8 Å². The molecule has 24 heteroatoms. The minimum atomic E-state index is -0.735. The number of rotatable bonds is 44. The normalized spacial score (nSPS) is 11.6. The maximum atomic E-state index is 12.5. The zero-order valence-corrected chi connectivity index (χ0v) is 42.1. The number of aromatic nitrogens is 5. The lowest BCUT2D eigenvalue weighted by Gasteiger charge is -2.19. The molecule has 0 bridgehead atoms. The van der Waals surface area contributed by atoms with Gasteiger partial charge in [0, 0.05) is 50.2 Å². The van der Waals surface area contributed by atoms with E-state index in [1.54, 1.807) is 37.1 Å². The number of Topliss-reactive ketones (excluding diaryl/α,β-unsaturated/α-hetero) is 1. The van der Waals surface area contributed by atoms with Crippen LogP contribution in [0.3, 0.4) is 0 Å². The van der Waals surface area contributed by atoms with Gasteiger partial charge in [-0.1, -0.05) is 44.7 Å². The number of unbranched alkanes of at least 4 members (excludes halogenated alkanes) is 1. The monoisotopic (exact) mass is 1010 g/mol. The number of nitrogens with two attached hydrogens (primary N) is 1. The standard InChI is InChI=1S/C47H78N10O14/c1-37(2)45(61)41(10-8-12-50-47(48)62)54-44(60)36-71-35-43(59)49-13-15-63-17-19-65-21-23-67-25-27-69-29-30-70-28-26-68-24-22-66-20-18-64-16-14-57-34-40(55-56-57)33-51-42(58)11-7-5-6-9-39-31-52-46(38(3)4)53-32-39/h31-32,34,37-38,41H,5,7-8,10-30,33,35-36H2,1-4H3,(H,49,59)(H,51,58)(H,54,60)(H3,48,50,62)/t41-/m0/s1. The molecular formula is C47H78N10O14. The molecule has 5 amide bonds. The second-order valence-electron chi connectivity index (χ2n) is 16.2. The third-order valence-corrected chi connectivity index (χ3v) is 9.50. The van der Waals surface area contributed by atoms with Crippen LogP contribution in [0.15, 0.2) is 18.6 Å². The summed E-state index contributed by atoms with van der Waals surface area (Å²) in [5.41, 5.74) is 6.48. The van der Waals surface area contributed by atoms with E-state index in [4.69, 9.17) is 48.4 Å². The molecule has 2 aromatic heterocycles. The number of urea groups is 1. The molecule has 1 atom stereocenters. The van der Waals surface area contributed by atoms with Crippen molar-refractivity contribution in [2.75, 3.05) is 132 Å². The van der Waals surface area contributed by atoms with Gasteiger partial charge in [0.1, 0.15) is 24.7 Å². The van der Waals surface area contributed by atoms with Crippen LogP contribution in [-0.2, 0) is 74.9 Å². The Morgan fingerprint density at radius 2 is 1.17 bits per heavy atom. The van der Waals surface area contributed by atoms with Crippen LogP contribution in [0.2, 0.25) is 0 Å². The van der Waals surface area contributed by atoms with Crippen LogP contribution in [-0.4, -0.2) is 193 Å². The average molecular weight is 1010 g/mol. The van der Waals surface area contributed by atoms with Crippen molar-refractivity contribution in [3.8, 4) is 11.8 Å². The molecule has 0 saturated heterocycles. The Balaban J connectivity index is 1.27. The fourth-order valence-electron chi connectivity index (χ4n) is 5.80. The van der Waals surface area contributed by atoms with E-state index in [9.17, 15) is 24.0 Å². The van der Waals surface area contributed by atoms with E-state index in [2.05, 4.69) is 53.4 Å². The van der Waals surface area contributed by atoms with E-state index >= 15 is 0 Å². The van der Waals surface area contributed by atoms with Crippen molar-refractivity contribution in [1.82, 2.24) is 46.2 Å². The van der Waals surface area contributed by atoms with Crippen molar-refractivity contribution >= 4 is 29.5 Å². The molecule has 0 fully saturated rings. The summed E-state index contributed by atoms with van der Waals surface area (Å²) in [6.45, 7) is 14.8. The van der Waals surface area contributed by atoms with Crippen LogP contribution in [0.5, 0.6) is 0 Å². The summed E-state index contributed by atoms with van der Waals surface area (Å²) in [6.07, 6.45) is 7.64. The van der Waals surface area contributed by atoms with Gasteiger partial charge in [-0.2, -0.15) is 0 Å². The highest BCUT2D eigenvalue weighted by atomic mass is 16.6. The number of hydrogen-bond acceptors (Lipinski definition) is 18. The number of ketones is 1. The zero-order chi connectivity index (χ0) is 51.6. The van der Waals surface area contributed by atoms with Crippen LogP contribution >= 0.6 is 0 Å². The van der Waals surface area contributed by atoms with Gasteiger partial charge in [-0.05, 0) is 19.3 Å². The topological polar surface area (TPSA) is 299 Å². The minimum Gasteiger partial charge on any atom is -0.377 e. The van der Waals surface area contributed by atoms with Gasteiger partial charge in [0.05, 0.1) is 137 Å². The number of carbonyl (C=O) groups excluding carboxylic acids is 5. The lowest BCUT2D eigenvalue weighted by Crippen LogP contribution is -2.45. The fraction of sp³-hybridized carbons (Fsp3) is 0.723. The number of carbonyl (C=O) groups is 5. The number of ether oxygens (including phenoxy) is 9. The first-order valence-electron chi connectivity index (χ1n) is 24.2. The van der Waals surface area contributed by atoms with Crippen LogP contribution in [0.25, 0.3) is 0 Å². The molecule has 0 spiro atoms. The first-order chi connectivity index (χ1) is 34.4. The lowest BCUT2D eigenvalue weighted by molar-refractivity contribution is -0.134. The van der Waals surface area contributed by atoms with Gasteiger partial charge >= 0.3 is 6.03 Å². The zero-order valence-electron chi connectivity index (χ0n) is 42.1. The molecule has 0 radical (unpaired) electrons. The summed E-state index contributed by atoms with van der Waals surface area (Å²) in [4.78, 5) is 68.4. The van der Waals surface area contributed by atoms with Crippen molar-refractivity contribution in [2.24, 2.45) is 11.7 Å². The van der Waals surface area contributed by atoms with Crippen molar-refractivity contribution < 1.29 is 66.6 Å². The number of nitrogens with zero attached hydrogens (tertiary/aromatic N) is 5. The Bertz CT molecular complexity index is 1810. The van der Waals surface area contributed by atoms with E-state index in [0.717, 1.165) is 11.4 Å². The van der Waals surface area contributed by atoms with Crippen molar-refractivity contribution in [1.29, 1.82) is 0 Å². The third-order valence-electron chi connectivity index (χ3n) is 9.50. The third kappa shape index (κ3) is 34.7. The lowest BCUT2D eigenvalue weighted by atomic mass is 9.98. The number of primary amides is 1. The van der Waals surface area contributed by atoms with E-state index < -0.39 is 23.9 Å². The molecule has 6 N–H and O–H groups in total. The summed E-state index contributed by atoms with van der Waals surface area (Å²) < 4.78 is 50.9. The van der Waals surface area contributed by atoms with E-state index in [1.807, 2.05) is 13.8 Å². The van der Waals surface area contributed by atoms with Gasteiger partial charge in [0.25, 0.3) is 0 Å². The Morgan fingerprint density at radius 1 is 0.634 bits per heavy atom. The fourth-order valence-corrected chi connectivity index (χ4v) is 5.80. The molecule has 24 nitrogen and oxygen atoms in total. The Kier molecular flexibility index (Phi) is 36.1. The average Bonchev–Trinajstić information content (AvgIpc) is 3.81. The molecule has 0 aliphatic heterocycles. The van der Waals surface area contributed by atoms with Crippen molar-refractivity contribution in [3.05, 3.63) is 35.7 Å². The molecule has 400 valence electrons. The Hall–Kier alpha value is -5.23. The first-order valence-corrected chi connectivity index (χ1v) is 24.2. The van der Waals surface area contributed by atoms with Gasteiger partial charge in [-0.25, -0.2) is 19.4 Å². The quantitative estimate of drug-likeness (QED) is 0.0445. The van der Waals surface area contributed by atoms with Crippen LogP contribution in [0.4, 0.5) is 4.79 Å². The molecule has 2 heterocycles. The molecule has 0 aliphatic rings. The summed E-state index contributed by atoms with van der Waals surface area (Å²) in [5.74, 6) is 5.73. The van der Waals surface area contributed by atoms with Gasteiger partial charge < -0.3 is 69.6 Å². The highest BCUT2D eigenvalue weighted by Gasteiger charge is 2.23. The molecule has 71 heavy (non-hydrogen) atoms. The maximum Gasteiger partial charge on any atom is 0.312 e. The SMILES string of the molecule is CC(C)C(=O)[C@H](CCCNC(N)=O)NC(=O)COCC(=O)NCCOCCOCCOCCOCCOCCOCCOCCOCCn1cc(CNC(=O)CCCC#Cc2cnc(C(C)C)nc2)nn1. The summed E-state index contributed by atoms with van der Waals surface area (Å²) in [5, 5.41) is 18.8. The van der Waals surface area contributed by atoms with Gasteiger partial charge in [0.15, 0.2) is 5.78 Å². The predicted molar refractivity (Wildman–Crippen MR) is 258 cm³/mol. The van der Waals surface area contributed by atoms with Crippen LogP contribution in [0, 0.1) is 17.8 Å². The molecule has 0 saturated carbocycles. The smallest absolute Gasteiger partial charge is 0.312 e. The summed E-state index contributed by atoms with van der Waals surface area (Å²) in [7, 11) is 0. The van der Waals surface area contributed by atoms with E-state index in [1.165, 1.54) is 0 Å². The van der Waals surface area contributed by atoms with E-state index in [0.29, 0.717) is 150 Å².